The Kier molecular flexibility index (Phi) is 2.71. The standard InChI is InChI=1S/C9H9BN2O3/c13-10(14)15-9-3-1-8(2-4-9)12-6-5-11-7-12/h1-7,13-14H. The summed E-state index contributed by atoms with van der Waals surface area (Å²) in [4.78, 5) is 3.92. The molecule has 0 unspecified atom stereocenters. The van der Waals surface area contributed by atoms with E-state index in [2.05, 4.69) is 9.64 Å². The summed E-state index contributed by atoms with van der Waals surface area (Å²) in [5.41, 5.74) is 0.923. The first kappa shape index (κ1) is 9.76. The molecule has 0 atom stereocenters. The third-order valence-corrected chi connectivity index (χ3v) is 1.88. The summed E-state index contributed by atoms with van der Waals surface area (Å²) in [6, 6.07) is 6.88. The summed E-state index contributed by atoms with van der Waals surface area (Å²) in [5.74, 6) is 0.397. The molecule has 1 aromatic heterocycles. The Hall–Kier alpha value is -1.79. The molecule has 5 nitrogen and oxygen atoms in total. The van der Waals surface area contributed by atoms with E-state index in [9.17, 15) is 0 Å². The van der Waals surface area contributed by atoms with Gasteiger partial charge in [-0.15, -0.1) is 0 Å². The maximum absolute atomic E-state index is 8.58. The average molecular weight is 204 g/mol. The van der Waals surface area contributed by atoms with E-state index in [1.165, 1.54) is 0 Å². The Labute approximate surface area is 86.8 Å². The van der Waals surface area contributed by atoms with Crippen LogP contribution in [0.25, 0.3) is 5.69 Å². The van der Waals surface area contributed by atoms with Gasteiger partial charge in [0.2, 0.25) is 0 Å². The molecule has 0 amide bonds. The van der Waals surface area contributed by atoms with Gasteiger partial charge in [0.05, 0.1) is 6.33 Å². The fourth-order valence-corrected chi connectivity index (χ4v) is 1.23. The number of hydrogen-bond donors (Lipinski definition) is 2. The molecule has 76 valence electrons. The summed E-state index contributed by atoms with van der Waals surface area (Å²) in [6.07, 6.45) is 5.18. The molecule has 0 aliphatic rings. The second-order valence-electron chi connectivity index (χ2n) is 2.91. The Morgan fingerprint density at radius 1 is 1.20 bits per heavy atom. The molecule has 2 N–H and O–H groups in total. The van der Waals surface area contributed by atoms with E-state index in [0.717, 1.165) is 5.69 Å². The normalized spacial score (nSPS) is 10.0. The zero-order valence-corrected chi connectivity index (χ0v) is 7.82. The number of aromatic nitrogens is 2. The van der Waals surface area contributed by atoms with E-state index in [1.807, 2.05) is 10.8 Å². The highest BCUT2D eigenvalue weighted by molar-refractivity contribution is 6.33. The summed E-state index contributed by atoms with van der Waals surface area (Å²) in [7, 11) is -1.79. The summed E-state index contributed by atoms with van der Waals surface area (Å²) in [6.45, 7) is 0. The molecule has 1 heterocycles. The fraction of sp³-hybridized carbons (Fsp3) is 0. The van der Waals surface area contributed by atoms with Crippen LogP contribution in [0.2, 0.25) is 0 Å². The number of benzene rings is 1. The lowest BCUT2D eigenvalue weighted by atomic mass is 10.2. The SMILES string of the molecule is OB(O)Oc1ccc(-n2ccnc2)cc1. The predicted molar refractivity (Wildman–Crippen MR) is 54.4 cm³/mol. The highest BCUT2D eigenvalue weighted by atomic mass is 16.6. The van der Waals surface area contributed by atoms with Crippen molar-refractivity contribution in [2.24, 2.45) is 0 Å². The number of nitrogens with zero attached hydrogens (tertiary/aromatic N) is 2. The zero-order chi connectivity index (χ0) is 10.7. The van der Waals surface area contributed by atoms with Crippen LogP contribution in [-0.4, -0.2) is 26.9 Å². The van der Waals surface area contributed by atoms with Crippen LogP contribution in [0.4, 0.5) is 0 Å². The smallest absolute Gasteiger partial charge is 0.512 e. The molecule has 0 fully saturated rings. The van der Waals surface area contributed by atoms with Gasteiger partial charge in [0, 0.05) is 18.1 Å². The molecule has 0 aliphatic heterocycles. The first-order valence-corrected chi connectivity index (χ1v) is 4.37. The van der Waals surface area contributed by atoms with Gasteiger partial charge in [-0.25, -0.2) is 4.98 Å². The molecule has 6 heteroatoms. The molecule has 2 rings (SSSR count). The van der Waals surface area contributed by atoms with Crippen LogP contribution in [0.15, 0.2) is 43.0 Å². The molecule has 0 spiro atoms. The molecule has 0 bridgehead atoms. The van der Waals surface area contributed by atoms with E-state index < -0.39 is 7.32 Å². The molecule has 0 radical (unpaired) electrons. The fourth-order valence-electron chi connectivity index (χ4n) is 1.23. The van der Waals surface area contributed by atoms with Crippen molar-refractivity contribution in [3.63, 3.8) is 0 Å². The first-order valence-electron chi connectivity index (χ1n) is 4.37. The highest BCUT2D eigenvalue weighted by Gasteiger charge is 2.10. The van der Waals surface area contributed by atoms with Gasteiger partial charge in [-0.2, -0.15) is 0 Å². The molecular weight excluding hydrogens is 195 g/mol. The summed E-state index contributed by atoms with van der Waals surface area (Å²) < 4.78 is 6.51. The maximum atomic E-state index is 8.58. The first-order chi connectivity index (χ1) is 7.25. The van der Waals surface area contributed by atoms with Crippen molar-refractivity contribution < 1.29 is 14.7 Å². The van der Waals surface area contributed by atoms with Crippen LogP contribution < -0.4 is 4.65 Å². The Bertz CT molecular complexity index is 413. The third-order valence-electron chi connectivity index (χ3n) is 1.88. The number of imidazole rings is 1. The number of rotatable bonds is 3. The second-order valence-corrected chi connectivity index (χ2v) is 2.91. The Balaban J connectivity index is 2.17. The van der Waals surface area contributed by atoms with Crippen molar-refractivity contribution in [2.75, 3.05) is 0 Å². The quantitative estimate of drug-likeness (QED) is 0.701. The van der Waals surface area contributed by atoms with Crippen molar-refractivity contribution in [1.29, 1.82) is 0 Å². The van der Waals surface area contributed by atoms with Gasteiger partial charge in [-0.1, -0.05) is 0 Å². The van der Waals surface area contributed by atoms with E-state index in [4.69, 9.17) is 10.0 Å². The van der Waals surface area contributed by atoms with Crippen molar-refractivity contribution in [3.8, 4) is 11.4 Å². The molecule has 15 heavy (non-hydrogen) atoms. The minimum absolute atomic E-state index is 0.397. The Morgan fingerprint density at radius 3 is 2.47 bits per heavy atom. The van der Waals surface area contributed by atoms with E-state index in [0.29, 0.717) is 5.75 Å². The molecule has 0 saturated carbocycles. The van der Waals surface area contributed by atoms with Crippen molar-refractivity contribution >= 4 is 7.32 Å². The van der Waals surface area contributed by atoms with Crippen molar-refractivity contribution in [1.82, 2.24) is 9.55 Å². The van der Waals surface area contributed by atoms with Gasteiger partial charge < -0.3 is 19.3 Å². The van der Waals surface area contributed by atoms with Gasteiger partial charge >= 0.3 is 7.32 Å². The Morgan fingerprint density at radius 2 is 1.93 bits per heavy atom. The predicted octanol–water partition coefficient (Wildman–Crippen LogP) is 0.221. The lowest BCUT2D eigenvalue weighted by Crippen LogP contribution is -2.20. The van der Waals surface area contributed by atoms with Crippen LogP contribution in [0, 0.1) is 0 Å². The van der Waals surface area contributed by atoms with E-state index >= 15 is 0 Å². The maximum Gasteiger partial charge on any atom is 0.707 e. The monoisotopic (exact) mass is 204 g/mol. The number of hydrogen-bond acceptors (Lipinski definition) is 4. The molecule has 0 saturated heterocycles. The lowest BCUT2D eigenvalue weighted by Gasteiger charge is -2.06. The second kappa shape index (κ2) is 4.16. The highest BCUT2D eigenvalue weighted by Crippen LogP contribution is 2.14. The van der Waals surface area contributed by atoms with Gasteiger partial charge in [0.25, 0.3) is 0 Å². The largest absolute Gasteiger partial charge is 0.707 e. The molecule has 2 aromatic rings. The topological polar surface area (TPSA) is 67.5 Å². The third kappa shape index (κ3) is 2.36. The van der Waals surface area contributed by atoms with Crippen LogP contribution in [0.5, 0.6) is 5.75 Å². The van der Waals surface area contributed by atoms with Crippen molar-refractivity contribution in [2.45, 2.75) is 0 Å². The van der Waals surface area contributed by atoms with Gasteiger partial charge in [0.1, 0.15) is 5.75 Å². The molecular formula is C9H9BN2O3. The van der Waals surface area contributed by atoms with Gasteiger partial charge in [-0.05, 0) is 24.3 Å². The lowest BCUT2D eigenvalue weighted by molar-refractivity contribution is 0.288. The van der Waals surface area contributed by atoms with Gasteiger partial charge in [0.15, 0.2) is 0 Å². The molecule has 0 aliphatic carbocycles. The van der Waals surface area contributed by atoms with Crippen LogP contribution in [0.1, 0.15) is 0 Å². The van der Waals surface area contributed by atoms with E-state index in [1.54, 1.807) is 36.8 Å². The van der Waals surface area contributed by atoms with Crippen LogP contribution in [-0.2, 0) is 0 Å². The zero-order valence-electron chi connectivity index (χ0n) is 7.82. The van der Waals surface area contributed by atoms with Crippen LogP contribution >= 0.6 is 0 Å². The van der Waals surface area contributed by atoms with Crippen LogP contribution in [0.3, 0.4) is 0 Å². The average Bonchev–Trinajstić information content (AvgIpc) is 2.71. The minimum Gasteiger partial charge on any atom is -0.512 e. The van der Waals surface area contributed by atoms with E-state index in [-0.39, 0.29) is 0 Å². The summed E-state index contributed by atoms with van der Waals surface area (Å²) >= 11 is 0. The summed E-state index contributed by atoms with van der Waals surface area (Å²) in [5, 5.41) is 17.2. The minimum atomic E-state index is -1.79. The molecule has 1 aromatic carbocycles. The van der Waals surface area contributed by atoms with Gasteiger partial charge in [-0.3, -0.25) is 0 Å². The van der Waals surface area contributed by atoms with Crippen molar-refractivity contribution in [3.05, 3.63) is 43.0 Å².